The van der Waals surface area contributed by atoms with Gasteiger partial charge in [0.1, 0.15) is 10.8 Å². The van der Waals surface area contributed by atoms with Gasteiger partial charge in [0.2, 0.25) is 9.84 Å². The van der Waals surface area contributed by atoms with Gasteiger partial charge in [-0.05, 0) is 42.8 Å². The van der Waals surface area contributed by atoms with E-state index in [1.165, 1.54) is 18.1 Å². The molecule has 4 rings (SSSR count). The number of alkyl halides is 3. The van der Waals surface area contributed by atoms with E-state index < -0.39 is 19.5 Å². The van der Waals surface area contributed by atoms with Crippen LogP contribution < -0.4 is 9.64 Å². The number of benzene rings is 2. The number of nitrogens with one attached hydrogen (secondary N) is 1. The number of H-pyrrole nitrogens is 1. The molecular weight excluding hydrogens is 544 g/mol. The number of piperazine rings is 1. The molecule has 2 aromatic carbocycles. The molecule has 0 aliphatic carbocycles. The molecule has 34 heavy (non-hydrogen) atoms. The number of methoxy groups -OCH3 is 1. The predicted molar refractivity (Wildman–Crippen MR) is 136 cm³/mol. The largest absolute Gasteiger partial charge is 0.495 e. The maximum Gasteiger partial charge on any atom is 0.274 e. The maximum absolute atomic E-state index is 13.6. The fraction of sp³-hybridized carbons (Fsp3) is 0.318. The average molecular weight is 565 g/mol. The average Bonchev–Trinajstić information content (AvgIpc) is 3.13. The molecule has 0 radical (unpaired) electrons. The molecule has 1 aliphatic heterocycles. The SMILES string of the molecule is COc1ccc(S(=O)(=O)c2[nH]c3cc(Cl)ccc3c2C)cc1N1CCN(C(=O)C(Cl)(Cl)Cl)CC1. The topological polar surface area (TPSA) is 82.7 Å². The first-order chi connectivity index (χ1) is 15.9. The number of ether oxygens (including phenoxy) is 1. The van der Waals surface area contributed by atoms with E-state index >= 15 is 0 Å². The number of nitrogens with zero attached hydrogens (tertiary/aromatic N) is 2. The van der Waals surface area contributed by atoms with Gasteiger partial charge in [0.15, 0.2) is 0 Å². The van der Waals surface area contributed by atoms with Gasteiger partial charge in [-0.15, -0.1) is 0 Å². The third kappa shape index (κ3) is 4.66. The summed E-state index contributed by atoms with van der Waals surface area (Å²) < 4.78 is 30.6. The van der Waals surface area contributed by atoms with Gasteiger partial charge in [-0.25, -0.2) is 8.42 Å². The van der Waals surface area contributed by atoms with E-state index in [0.717, 1.165) is 5.39 Å². The van der Waals surface area contributed by atoms with Crippen molar-refractivity contribution in [3.05, 3.63) is 47.0 Å². The number of carbonyl (C=O) groups is 1. The third-order valence-corrected chi connectivity index (χ3v) is 8.39. The number of hydrogen-bond acceptors (Lipinski definition) is 5. The smallest absolute Gasteiger partial charge is 0.274 e. The highest BCUT2D eigenvalue weighted by Gasteiger charge is 2.37. The summed E-state index contributed by atoms with van der Waals surface area (Å²) >= 11 is 23.3. The highest BCUT2D eigenvalue weighted by molar-refractivity contribution is 7.91. The fourth-order valence-corrected chi connectivity index (χ4v) is 6.12. The Bertz CT molecular complexity index is 1360. The number of anilines is 1. The molecular formula is C22H21Cl4N3O4S. The Balaban J connectivity index is 1.67. The summed E-state index contributed by atoms with van der Waals surface area (Å²) in [6.07, 6.45) is 0. The standard InChI is InChI=1S/C22H21Cl4N3O4S/c1-13-16-5-3-14(23)11-17(16)27-20(13)34(31,32)15-4-6-19(33-2)18(12-15)28-7-9-29(10-8-28)21(30)22(24,25)26/h3-6,11-12,27H,7-10H2,1-2H3. The lowest BCUT2D eigenvalue weighted by Gasteiger charge is -2.37. The van der Waals surface area contributed by atoms with Crippen LogP contribution in [-0.4, -0.2) is 61.3 Å². The quantitative estimate of drug-likeness (QED) is 0.451. The van der Waals surface area contributed by atoms with E-state index in [9.17, 15) is 13.2 Å². The predicted octanol–water partition coefficient (Wildman–Crippen LogP) is 4.99. The van der Waals surface area contributed by atoms with Gasteiger partial charge in [-0.1, -0.05) is 52.5 Å². The second-order valence-corrected chi connectivity index (χ2v) is 12.5. The van der Waals surface area contributed by atoms with Crippen molar-refractivity contribution >= 4 is 78.7 Å². The molecule has 2 heterocycles. The lowest BCUT2D eigenvalue weighted by molar-refractivity contribution is -0.130. The molecule has 1 fully saturated rings. The van der Waals surface area contributed by atoms with Crippen LogP contribution in [0.15, 0.2) is 46.3 Å². The highest BCUT2D eigenvalue weighted by Crippen LogP contribution is 2.36. The van der Waals surface area contributed by atoms with Gasteiger partial charge < -0.3 is 19.5 Å². The molecule has 12 heteroatoms. The Morgan fingerprint density at radius 3 is 2.35 bits per heavy atom. The van der Waals surface area contributed by atoms with Crippen LogP contribution in [0, 0.1) is 6.92 Å². The Kier molecular flexibility index (Phi) is 6.92. The molecule has 1 amide bonds. The number of aromatic nitrogens is 1. The van der Waals surface area contributed by atoms with Gasteiger partial charge in [0.05, 0.1) is 17.7 Å². The van der Waals surface area contributed by atoms with E-state index in [0.29, 0.717) is 53.7 Å². The molecule has 0 bridgehead atoms. The molecule has 0 spiro atoms. The van der Waals surface area contributed by atoms with E-state index in [-0.39, 0.29) is 9.92 Å². The van der Waals surface area contributed by atoms with Crippen LogP contribution in [0.3, 0.4) is 0 Å². The first-order valence-corrected chi connectivity index (χ1v) is 13.2. The van der Waals surface area contributed by atoms with E-state index in [1.54, 1.807) is 37.3 Å². The second-order valence-electron chi connectivity index (χ2n) is 7.88. The van der Waals surface area contributed by atoms with Gasteiger partial charge in [0.25, 0.3) is 9.70 Å². The molecule has 1 saturated heterocycles. The first-order valence-electron chi connectivity index (χ1n) is 10.3. The highest BCUT2D eigenvalue weighted by atomic mass is 35.6. The molecule has 1 aliphatic rings. The molecule has 0 saturated carbocycles. The van der Waals surface area contributed by atoms with Crippen molar-refractivity contribution in [3.8, 4) is 5.75 Å². The van der Waals surface area contributed by atoms with Crippen molar-refractivity contribution in [2.75, 3.05) is 38.2 Å². The van der Waals surface area contributed by atoms with Crippen molar-refractivity contribution < 1.29 is 17.9 Å². The zero-order valence-electron chi connectivity index (χ0n) is 18.2. The summed E-state index contributed by atoms with van der Waals surface area (Å²) in [6.45, 7) is 3.21. The molecule has 3 aromatic rings. The van der Waals surface area contributed by atoms with Crippen molar-refractivity contribution in [2.45, 2.75) is 20.6 Å². The van der Waals surface area contributed by atoms with Crippen LogP contribution in [0.4, 0.5) is 5.69 Å². The minimum atomic E-state index is -3.87. The van der Waals surface area contributed by atoms with Gasteiger partial charge in [-0.2, -0.15) is 0 Å². The molecule has 7 nitrogen and oxygen atoms in total. The Labute approximate surface area is 217 Å². The summed E-state index contributed by atoms with van der Waals surface area (Å²) in [4.78, 5) is 18.8. The molecule has 1 aromatic heterocycles. The van der Waals surface area contributed by atoms with Gasteiger partial charge in [0, 0.05) is 42.1 Å². The molecule has 1 N–H and O–H groups in total. The summed E-state index contributed by atoms with van der Waals surface area (Å²) in [5, 5.41) is 1.40. The fourth-order valence-electron chi connectivity index (χ4n) is 4.09. The number of aromatic amines is 1. The van der Waals surface area contributed by atoms with Crippen molar-refractivity contribution in [1.29, 1.82) is 0 Å². The molecule has 0 unspecified atom stereocenters. The number of rotatable bonds is 4. The number of sulfone groups is 1. The second kappa shape index (κ2) is 9.32. The van der Waals surface area contributed by atoms with Crippen LogP contribution in [-0.2, 0) is 14.6 Å². The van der Waals surface area contributed by atoms with Crippen LogP contribution in [0.5, 0.6) is 5.75 Å². The van der Waals surface area contributed by atoms with Crippen LogP contribution in [0.2, 0.25) is 5.02 Å². The van der Waals surface area contributed by atoms with Crippen molar-refractivity contribution in [1.82, 2.24) is 9.88 Å². The van der Waals surface area contributed by atoms with Crippen molar-refractivity contribution in [2.24, 2.45) is 0 Å². The Morgan fingerprint density at radius 1 is 1.06 bits per heavy atom. The lowest BCUT2D eigenvalue weighted by atomic mass is 10.2. The monoisotopic (exact) mass is 563 g/mol. The van der Waals surface area contributed by atoms with Crippen LogP contribution in [0.1, 0.15) is 5.56 Å². The summed E-state index contributed by atoms with van der Waals surface area (Å²) in [6, 6.07) is 9.92. The molecule has 0 atom stereocenters. The normalized spacial score (nSPS) is 15.1. The summed E-state index contributed by atoms with van der Waals surface area (Å²) in [5.74, 6) is -0.0740. The Morgan fingerprint density at radius 2 is 1.74 bits per heavy atom. The Hall–Kier alpha value is -1.84. The number of halogens is 4. The van der Waals surface area contributed by atoms with Crippen molar-refractivity contribution in [3.63, 3.8) is 0 Å². The zero-order chi connectivity index (χ0) is 24.8. The van der Waals surface area contributed by atoms with Gasteiger partial charge in [-0.3, -0.25) is 4.79 Å². The van der Waals surface area contributed by atoms with Crippen LogP contribution >= 0.6 is 46.4 Å². The number of carbonyl (C=O) groups excluding carboxylic acids is 1. The lowest BCUT2D eigenvalue weighted by Crippen LogP contribution is -2.51. The summed E-state index contributed by atoms with van der Waals surface area (Å²) in [5.41, 5.74) is 1.86. The van der Waals surface area contributed by atoms with Crippen LogP contribution in [0.25, 0.3) is 10.9 Å². The van der Waals surface area contributed by atoms with Gasteiger partial charge >= 0.3 is 0 Å². The zero-order valence-corrected chi connectivity index (χ0v) is 22.1. The molecule has 182 valence electrons. The first kappa shape index (κ1) is 25.3. The van der Waals surface area contributed by atoms with E-state index in [4.69, 9.17) is 51.1 Å². The third-order valence-electron chi connectivity index (χ3n) is 5.85. The maximum atomic E-state index is 13.6. The number of aryl methyl sites for hydroxylation is 1. The van der Waals surface area contributed by atoms with E-state index in [1.807, 2.05) is 4.90 Å². The minimum Gasteiger partial charge on any atom is -0.495 e. The van der Waals surface area contributed by atoms with E-state index in [2.05, 4.69) is 4.98 Å². The summed E-state index contributed by atoms with van der Waals surface area (Å²) in [7, 11) is -2.36. The number of fused-ring (bicyclic) bond motifs is 1. The number of hydrogen-bond donors (Lipinski definition) is 1. The minimum absolute atomic E-state index is 0.110. The number of amides is 1.